The number of hydrogen-bond acceptors (Lipinski definition) is 3. The number of nitrogens with one attached hydrogen (secondary N) is 2. The largest absolute Gasteiger partial charge is 0.376 e. The number of amides is 1. The third-order valence-corrected chi connectivity index (χ3v) is 4.30. The molecule has 126 valence electrons. The van der Waals surface area contributed by atoms with Gasteiger partial charge in [0.15, 0.2) is 0 Å². The predicted molar refractivity (Wildman–Crippen MR) is 96.4 cm³/mol. The molecule has 1 fully saturated rings. The first-order chi connectivity index (χ1) is 11.6. The topological polar surface area (TPSA) is 44.4 Å². The van der Waals surface area contributed by atoms with E-state index >= 15 is 0 Å². The normalized spacial score (nSPS) is 13.8. The second-order valence-electron chi connectivity index (χ2n) is 5.77. The van der Waals surface area contributed by atoms with Gasteiger partial charge in [-0.3, -0.25) is 4.79 Å². The van der Waals surface area contributed by atoms with Crippen LogP contribution in [0.2, 0.25) is 5.02 Å². The Bertz CT molecular complexity index is 715. The lowest BCUT2D eigenvalue weighted by Gasteiger charge is -2.17. The lowest BCUT2D eigenvalue weighted by Crippen LogP contribution is -2.22. The van der Waals surface area contributed by atoms with Crippen LogP contribution in [0.25, 0.3) is 0 Å². The summed E-state index contributed by atoms with van der Waals surface area (Å²) in [6.45, 7) is 2.23. The Kier molecular flexibility index (Phi) is 5.20. The molecular formula is C18H19ClFN3O. The number of benzene rings is 2. The molecule has 1 aliphatic rings. The highest BCUT2D eigenvalue weighted by atomic mass is 35.5. The van der Waals surface area contributed by atoms with Crippen LogP contribution in [-0.2, 0) is 4.79 Å². The van der Waals surface area contributed by atoms with Crippen molar-refractivity contribution in [2.45, 2.75) is 12.8 Å². The van der Waals surface area contributed by atoms with Crippen molar-refractivity contribution < 1.29 is 9.18 Å². The van der Waals surface area contributed by atoms with E-state index < -0.39 is 5.82 Å². The first kappa shape index (κ1) is 16.6. The summed E-state index contributed by atoms with van der Waals surface area (Å²) in [5.41, 5.74) is 2.43. The fourth-order valence-electron chi connectivity index (χ4n) is 2.72. The van der Waals surface area contributed by atoms with Crippen LogP contribution in [-0.4, -0.2) is 25.5 Å². The average Bonchev–Trinajstić information content (AvgIpc) is 3.11. The van der Waals surface area contributed by atoms with Gasteiger partial charge in [0.25, 0.3) is 0 Å². The van der Waals surface area contributed by atoms with Crippen LogP contribution < -0.4 is 15.5 Å². The summed E-state index contributed by atoms with van der Waals surface area (Å²) >= 11 is 5.62. The Labute approximate surface area is 145 Å². The molecule has 0 aliphatic carbocycles. The highest BCUT2D eigenvalue weighted by Gasteiger charge is 2.12. The molecule has 0 saturated carbocycles. The van der Waals surface area contributed by atoms with Crippen molar-refractivity contribution in [3.63, 3.8) is 0 Å². The molecule has 1 heterocycles. The number of carbonyl (C=O) groups is 1. The number of rotatable bonds is 5. The van der Waals surface area contributed by atoms with Crippen LogP contribution in [0.5, 0.6) is 0 Å². The molecule has 0 aromatic heterocycles. The predicted octanol–water partition coefficient (Wildman–Crippen LogP) is 4.13. The van der Waals surface area contributed by atoms with E-state index in [9.17, 15) is 9.18 Å². The minimum Gasteiger partial charge on any atom is -0.376 e. The van der Waals surface area contributed by atoms with Gasteiger partial charge >= 0.3 is 0 Å². The van der Waals surface area contributed by atoms with Gasteiger partial charge in [0.2, 0.25) is 5.91 Å². The van der Waals surface area contributed by atoms with Crippen molar-refractivity contribution in [3.8, 4) is 0 Å². The number of anilines is 3. The summed E-state index contributed by atoms with van der Waals surface area (Å²) in [6.07, 6.45) is 2.46. The molecule has 2 N–H and O–H groups in total. The third-order valence-electron chi connectivity index (χ3n) is 3.99. The van der Waals surface area contributed by atoms with Crippen LogP contribution in [0.15, 0.2) is 42.5 Å². The van der Waals surface area contributed by atoms with Crippen molar-refractivity contribution in [3.05, 3.63) is 53.3 Å². The van der Waals surface area contributed by atoms with Crippen molar-refractivity contribution >= 4 is 34.6 Å². The van der Waals surface area contributed by atoms with E-state index in [-0.39, 0.29) is 17.5 Å². The zero-order valence-electron chi connectivity index (χ0n) is 13.2. The van der Waals surface area contributed by atoms with E-state index in [2.05, 4.69) is 15.5 Å². The molecule has 6 heteroatoms. The highest BCUT2D eigenvalue weighted by molar-refractivity contribution is 6.30. The summed E-state index contributed by atoms with van der Waals surface area (Å²) < 4.78 is 13.3. The summed E-state index contributed by atoms with van der Waals surface area (Å²) in [7, 11) is 0. The maximum atomic E-state index is 13.3. The van der Waals surface area contributed by atoms with Crippen LogP contribution in [0.4, 0.5) is 21.5 Å². The van der Waals surface area contributed by atoms with Gasteiger partial charge in [0, 0.05) is 30.2 Å². The van der Waals surface area contributed by atoms with Gasteiger partial charge in [-0.15, -0.1) is 0 Å². The van der Waals surface area contributed by atoms with Gasteiger partial charge < -0.3 is 15.5 Å². The van der Waals surface area contributed by atoms with Crippen LogP contribution in [0, 0.1) is 5.82 Å². The molecule has 4 nitrogen and oxygen atoms in total. The van der Waals surface area contributed by atoms with Crippen molar-refractivity contribution in [2.24, 2.45) is 0 Å². The van der Waals surface area contributed by atoms with Crippen LogP contribution in [0.3, 0.4) is 0 Å². The fourth-order valence-corrected chi connectivity index (χ4v) is 2.84. The monoisotopic (exact) mass is 347 g/mol. The summed E-state index contributed by atoms with van der Waals surface area (Å²) in [4.78, 5) is 14.3. The Balaban J connectivity index is 1.51. The van der Waals surface area contributed by atoms with E-state index in [1.807, 2.05) is 24.3 Å². The first-order valence-electron chi connectivity index (χ1n) is 7.95. The molecule has 0 radical (unpaired) electrons. The lowest BCUT2D eigenvalue weighted by molar-refractivity contribution is -0.114. The van der Waals surface area contributed by atoms with Crippen molar-refractivity contribution in [1.29, 1.82) is 0 Å². The number of hydrogen-bond donors (Lipinski definition) is 2. The molecular weight excluding hydrogens is 329 g/mol. The maximum Gasteiger partial charge on any atom is 0.243 e. The van der Waals surface area contributed by atoms with Gasteiger partial charge in [0.1, 0.15) is 5.82 Å². The third kappa shape index (κ3) is 4.17. The van der Waals surface area contributed by atoms with Gasteiger partial charge in [-0.2, -0.15) is 0 Å². The molecule has 24 heavy (non-hydrogen) atoms. The average molecular weight is 348 g/mol. The van der Waals surface area contributed by atoms with Gasteiger partial charge in [-0.05, 0) is 55.3 Å². The maximum absolute atomic E-state index is 13.3. The number of carbonyl (C=O) groups excluding carboxylic acids is 1. The molecule has 0 atom stereocenters. The lowest BCUT2D eigenvalue weighted by atomic mass is 10.2. The second kappa shape index (κ2) is 7.53. The summed E-state index contributed by atoms with van der Waals surface area (Å²) in [6, 6.07) is 12.2. The molecule has 2 aromatic carbocycles. The zero-order chi connectivity index (χ0) is 16.9. The Hall–Kier alpha value is -2.27. The number of halogens is 2. The first-order valence-corrected chi connectivity index (χ1v) is 8.33. The molecule has 1 amide bonds. The van der Waals surface area contributed by atoms with E-state index in [1.54, 1.807) is 6.07 Å². The van der Waals surface area contributed by atoms with E-state index in [4.69, 9.17) is 11.6 Å². The quantitative estimate of drug-likeness (QED) is 0.854. The molecule has 0 unspecified atom stereocenters. The van der Waals surface area contributed by atoms with Gasteiger partial charge in [-0.1, -0.05) is 11.6 Å². The minimum atomic E-state index is -0.514. The Morgan fingerprint density at radius 2 is 1.75 bits per heavy atom. The van der Waals surface area contributed by atoms with E-state index in [0.29, 0.717) is 5.69 Å². The number of nitrogens with zero attached hydrogens (tertiary/aromatic N) is 1. The zero-order valence-corrected chi connectivity index (χ0v) is 13.9. The summed E-state index contributed by atoms with van der Waals surface area (Å²) in [5, 5.41) is 5.74. The van der Waals surface area contributed by atoms with E-state index in [0.717, 1.165) is 18.8 Å². The van der Waals surface area contributed by atoms with Crippen molar-refractivity contribution in [2.75, 3.05) is 35.2 Å². The van der Waals surface area contributed by atoms with Crippen molar-refractivity contribution in [1.82, 2.24) is 0 Å². The Morgan fingerprint density at radius 3 is 2.42 bits per heavy atom. The standard InChI is InChI=1S/C18H19ClFN3O/c19-16-8-5-14(11-17(16)20)21-12-18(24)22-13-3-6-15(7-4-13)23-9-1-2-10-23/h3-8,11,21H,1-2,9-10,12H2,(H,22,24). The second-order valence-corrected chi connectivity index (χ2v) is 6.18. The van der Waals surface area contributed by atoms with Crippen LogP contribution in [0.1, 0.15) is 12.8 Å². The molecule has 2 aromatic rings. The fraction of sp³-hybridized carbons (Fsp3) is 0.278. The highest BCUT2D eigenvalue weighted by Crippen LogP contribution is 2.22. The molecule has 1 saturated heterocycles. The van der Waals surface area contributed by atoms with Gasteiger partial charge in [-0.25, -0.2) is 4.39 Å². The Morgan fingerprint density at radius 1 is 1.08 bits per heavy atom. The molecule has 1 aliphatic heterocycles. The SMILES string of the molecule is O=C(CNc1ccc(Cl)c(F)c1)Nc1ccc(N2CCCC2)cc1. The molecule has 0 bridgehead atoms. The minimum absolute atomic E-state index is 0.0505. The van der Waals surface area contributed by atoms with E-state index in [1.165, 1.54) is 30.7 Å². The van der Waals surface area contributed by atoms with Crippen LogP contribution >= 0.6 is 11.6 Å². The molecule has 3 rings (SSSR count). The molecule has 0 spiro atoms. The summed E-state index contributed by atoms with van der Waals surface area (Å²) in [5.74, 6) is -0.709. The van der Waals surface area contributed by atoms with Gasteiger partial charge in [0.05, 0.1) is 11.6 Å². The smallest absolute Gasteiger partial charge is 0.243 e.